The summed E-state index contributed by atoms with van der Waals surface area (Å²) in [5.74, 6) is 0.0722. The first-order valence-electron chi connectivity index (χ1n) is 10.7. The Bertz CT molecular complexity index is 997. The van der Waals surface area contributed by atoms with Crippen LogP contribution in [0.4, 0.5) is 0 Å². The number of hydrogen-bond acceptors (Lipinski definition) is 4. The molecule has 0 unspecified atom stereocenters. The van der Waals surface area contributed by atoms with E-state index in [0.717, 1.165) is 27.8 Å². The van der Waals surface area contributed by atoms with E-state index in [9.17, 15) is 9.90 Å². The fourth-order valence-corrected chi connectivity index (χ4v) is 4.22. The molecule has 31 heavy (non-hydrogen) atoms. The van der Waals surface area contributed by atoms with E-state index in [1.807, 2.05) is 48.7 Å². The Labute approximate surface area is 183 Å². The van der Waals surface area contributed by atoms with Crippen molar-refractivity contribution in [1.29, 1.82) is 0 Å². The number of carbonyl (C=O) groups excluding carboxylic acids is 1. The summed E-state index contributed by atoms with van der Waals surface area (Å²) in [6.45, 7) is 1.67. The van der Waals surface area contributed by atoms with E-state index in [2.05, 4.69) is 28.5 Å². The van der Waals surface area contributed by atoms with Crippen LogP contribution in [0.5, 0.6) is 0 Å². The number of rotatable bonds is 7. The van der Waals surface area contributed by atoms with Crippen molar-refractivity contribution in [2.75, 3.05) is 13.2 Å². The van der Waals surface area contributed by atoms with Crippen molar-refractivity contribution in [3.8, 4) is 11.1 Å². The quantitative estimate of drug-likeness (QED) is 0.613. The molecule has 2 aromatic carbocycles. The Morgan fingerprint density at radius 3 is 2.45 bits per heavy atom. The lowest BCUT2D eigenvalue weighted by molar-refractivity contribution is -0.136. The number of amides is 1. The van der Waals surface area contributed by atoms with Gasteiger partial charge >= 0.3 is 0 Å². The van der Waals surface area contributed by atoms with Crippen LogP contribution in [-0.2, 0) is 29.1 Å². The second-order valence-corrected chi connectivity index (χ2v) is 8.13. The molecule has 1 fully saturated rings. The first-order chi connectivity index (χ1) is 15.2. The minimum Gasteiger partial charge on any atom is -0.392 e. The zero-order valence-electron chi connectivity index (χ0n) is 17.6. The minimum absolute atomic E-state index is 0.0199. The Morgan fingerprint density at radius 2 is 1.74 bits per heavy atom. The van der Waals surface area contributed by atoms with Crippen LogP contribution in [0.25, 0.3) is 11.1 Å². The number of benzene rings is 2. The summed E-state index contributed by atoms with van der Waals surface area (Å²) in [6, 6.07) is 19.9. The van der Waals surface area contributed by atoms with Crippen molar-refractivity contribution in [2.45, 2.75) is 32.4 Å². The van der Waals surface area contributed by atoms with E-state index in [0.29, 0.717) is 39.0 Å². The van der Waals surface area contributed by atoms with E-state index in [-0.39, 0.29) is 12.5 Å². The molecule has 1 aliphatic heterocycles. The molecule has 0 atom stereocenters. The van der Waals surface area contributed by atoms with E-state index < -0.39 is 5.41 Å². The van der Waals surface area contributed by atoms with Gasteiger partial charge in [-0.2, -0.15) is 0 Å². The van der Waals surface area contributed by atoms with Crippen LogP contribution >= 0.6 is 0 Å². The third-order valence-corrected chi connectivity index (χ3v) is 6.11. The molecule has 0 spiro atoms. The number of aliphatic hydroxyl groups excluding tert-OH is 1. The number of aromatic nitrogens is 1. The molecule has 3 aromatic rings. The summed E-state index contributed by atoms with van der Waals surface area (Å²) in [7, 11) is 0. The van der Waals surface area contributed by atoms with Crippen molar-refractivity contribution >= 4 is 5.91 Å². The number of ether oxygens (including phenoxy) is 1. The summed E-state index contributed by atoms with van der Waals surface area (Å²) in [5, 5.41) is 12.4. The lowest BCUT2D eigenvalue weighted by atomic mass is 9.73. The molecule has 1 aromatic heterocycles. The van der Waals surface area contributed by atoms with Crippen LogP contribution in [0.15, 0.2) is 73.1 Å². The fraction of sp³-hybridized carbons (Fsp3) is 0.308. The molecule has 1 amide bonds. The molecule has 160 valence electrons. The summed E-state index contributed by atoms with van der Waals surface area (Å²) in [6.07, 6.45) is 5.70. The number of aliphatic hydroxyl groups is 1. The average Bonchev–Trinajstić information content (AvgIpc) is 2.84. The van der Waals surface area contributed by atoms with Gasteiger partial charge in [0.25, 0.3) is 0 Å². The average molecular weight is 417 g/mol. The molecule has 4 rings (SSSR count). The Balaban J connectivity index is 1.55. The molecular weight excluding hydrogens is 388 g/mol. The third-order valence-electron chi connectivity index (χ3n) is 6.11. The molecular formula is C26H28N2O3. The molecule has 2 N–H and O–H groups in total. The van der Waals surface area contributed by atoms with Crippen LogP contribution in [0.2, 0.25) is 0 Å². The molecule has 5 nitrogen and oxygen atoms in total. The topological polar surface area (TPSA) is 71.5 Å². The number of hydrogen-bond donors (Lipinski definition) is 2. The van der Waals surface area contributed by atoms with Gasteiger partial charge in [-0.05, 0) is 47.6 Å². The van der Waals surface area contributed by atoms with Gasteiger partial charge in [-0.25, -0.2) is 0 Å². The van der Waals surface area contributed by atoms with Crippen LogP contribution in [0.1, 0.15) is 29.5 Å². The monoisotopic (exact) mass is 416 g/mol. The minimum atomic E-state index is -0.498. The predicted octanol–water partition coefficient (Wildman–Crippen LogP) is 3.90. The number of nitrogens with one attached hydrogen (secondary N) is 1. The van der Waals surface area contributed by atoms with Gasteiger partial charge in [-0.15, -0.1) is 0 Å². The molecule has 5 heteroatoms. The second-order valence-electron chi connectivity index (χ2n) is 8.13. The maximum atomic E-state index is 13.4. The van der Waals surface area contributed by atoms with E-state index >= 15 is 0 Å². The molecule has 0 saturated carbocycles. The second kappa shape index (κ2) is 9.86. The van der Waals surface area contributed by atoms with Gasteiger partial charge in [0.15, 0.2) is 0 Å². The van der Waals surface area contributed by atoms with Crippen LogP contribution in [-0.4, -0.2) is 29.2 Å². The summed E-state index contributed by atoms with van der Waals surface area (Å²) in [5.41, 5.74) is 4.71. The molecule has 0 radical (unpaired) electrons. The zero-order valence-corrected chi connectivity index (χ0v) is 17.6. The zero-order chi connectivity index (χ0) is 21.5. The predicted molar refractivity (Wildman–Crippen MR) is 120 cm³/mol. The number of nitrogens with zero attached hydrogens (tertiary/aromatic N) is 1. The summed E-state index contributed by atoms with van der Waals surface area (Å²) < 4.78 is 5.60. The Kier molecular flexibility index (Phi) is 6.75. The lowest BCUT2D eigenvalue weighted by Gasteiger charge is -2.36. The van der Waals surface area contributed by atoms with Gasteiger partial charge in [0.05, 0.1) is 12.0 Å². The van der Waals surface area contributed by atoms with Crippen molar-refractivity contribution in [3.05, 3.63) is 89.7 Å². The number of carbonyl (C=O) groups is 1. The molecule has 2 heterocycles. The van der Waals surface area contributed by atoms with Gasteiger partial charge < -0.3 is 15.2 Å². The molecule has 0 bridgehead atoms. The summed E-state index contributed by atoms with van der Waals surface area (Å²) in [4.78, 5) is 17.7. The van der Waals surface area contributed by atoms with Crippen molar-refractivity contribution < 1.29 is 14.6 Å². The smallest absolute Gasteiger partial charge is 0.226 e. The van der Waals surface area contributed by atoms with Crippen LogP contribution in [0.3, 0.4) is 0 Å². The van der Waals surface area contributed by atoms with E-state index in [1.165, 1.54) is 0 Å². The first-order valence-corrected chi connectivity index (χ1v) is 10.7. The number of pyridine rings is 1. The largest absolute Gasteiger partial charge is 0.392 e. The Hall–Kier alpha value is -3.02. The van der Waals surface area contributed by atoms with Crippen LogP contribution < -0.4 is 5.32 Å². The molecule has 1 aliphatic rings. The standard InChI is InChI=1S/C26H28N2O3/c29-19-21-9-7-20(8-10-21)17-28-25(30)26(11-14-31-15-12-26)16-22-4-1-2-6-24(22)23-5-3-13-27-18-23/h1-10,13,18,29H,11-12,14-17,19H2,(H,28,30). The van der Waals surface area contributed by atoms with E-state index in [1.54, 1.807) is 6.20 Å². The van der Waals surface area contributed by atoms with Crippen LogP contribution in [0, 0.1) is 5.41 Å². The van der Waals surface area contributed by atoms with Crippen molar-refractivity contribution in [2.24, 2.45) is 5.41 Å². The molecule has 1 saturated heterocycles. The maximum Gasteiger partial charge on any atom is 0.226 e. The highest BCUT2D eigenvalue weighted by molar-refractivity contribution is 5.83. The third kappa shape index (κ3) is 5.01. The SMILES string of the molecule is O=C(NCc1ccc(CO)cc1)C1(Cc2ccccc2-c2cccnc2)CCOCC1. The first kappa shape index (κ1) is 21.2. The maximum absolute atomic E-state index is 13.4. The van der Waals surface area contributed by atoms with Gasteiger partial charge in [0, 0.05) is 37.7 Å². The highest BCUT2D eigenvalue weighted by atomic mass is 16.5. The normalized spacial score (nSPS) is 15.4. The highest BCUT2D eigenvalue weighted by Crippen LogP contribution is 2.37. The highest BCUT2D eigenvalue weighted by Gasteiger charge is 2.40. The molecule has 0 aliphatic carbocycles. The van der Waals surface area contributed by atoms with Gasteiger partial charge in [0.2, 0.25) is 5.91 Å². The van der Waals surface area contributed by atoms with Gasteiger partial charge in [-0.3, -0.25) is 9.78 Å². The lowest BCUT2D eigenvalue weighted by Crippen LogP contribution is -2.46. The van der Waals surface area contributed by atoms with Gasteiger partial charge in [-0.1, -0.05) is 54.6 Å². The van der Waals surface area contributed by atoms with Crippen molar-refractivity contribution in [1.82, 2.24) is 10.3 Å². The van der Waals surface area contributed by atoms with E-state index in [4.69, 9.17) is 4.74 Å². The fourth-order valence-electron chi connectivity index (χ4n) is 4.22. The van der Waals surface area contributed by atoms with Gasteiger partial charge in [0.1, 0.15) is 0 Å². The Morgan fingerprint density at radius 1 is 1.00 bits per heavy atom. The van der Waals surface area contributed by atoms with Crippen molar-refractivity contribution in [3.63, 3.8) is 0 Å². The summed E-state index contributed by atoms with van der Waals surface area (Å²) >= 11 is 0.